The van der Waals surface area contributed by atoms with Crippen molar-refractivity contribution in [2.75, 3.05) is 20.4 Å². The molecule has 1 aromatic carbocycles. The van der Waals surface area contributed by atoms with Gasteiger partial charge in [0.2, 0.25) is 10.0 Å². The molecule has 0 radical (unpaired) electrons. The van der Waals surface area contributed by atoms with Crippen molar-refractivity contribution in [3.8, 4) is 5.75 Å². The summed E-state index contributed by atoms with van der Waals surface area (Å²) in [6, 6.07) is 3.75. The molecule has 0 saturated carbocycles. The van der Waals surface area contributed by atoms with Crippen LogP contribution < -0.4 is 9.46 Å². The van der Waals surface area contributed by atoms with Gasteiger partial charge in [-0.05, 0) is 34.9 Å². The summed E-state index contributed by atoms with van der Waals surface area (Å²) in [6.45, 7) is 12.9. The van der Waals surface area contributed by atoms with Gasteiger partial charge in [0.1, 0.15) is 11.0 Å². The predicted molar refractivity (Wildman–Crippen MR) is 107 cm³/mol. The summed E-state index contributed by atoms with van der Waals surface area (Å²) in [6.07, 6.45) is -0.704. The summed E-state index contributed by atoms with van der Waals surface area (Å²) in [5.74, 6) is 0.736. The molecule has 0 aromatic heterocycles. The first-order chi connectivity index (χ1) is 12.3. The summed E-state index contributed by atoms with van der Waals surface area (Å²) in [5.41, 5.74) is 1.93. The molecule has 1 heterocycles. The lowest BCUT2D eigenvalue weighted by molar-refractivity contribution is 0.0483. The molecule has 1 aliphatic rings. The maximum absolute atomic E-state index is 12.2. The summed E-state index contributed by atoms with van der Waals surface area (Å²) in [5, 5.41) is 10.1. The minimum atomic E-state index is -3.51. The van der Waals surface area contributed by atoms with Crippen LogP contribution >= 0.6 is 0 Å². The van der Waals surface area contributed by atoms with Gasteiger partial charge < -0.3 is 14.6 Å². The fourth-order valence-corrected chi connectivity index (χ4v) is 4.90. The van der Waals surface area contributed by atoms with Crippen molar-refractivity contribution in [1.82, 2.24) is 4.72 Å². The number of hydrogen-bond donors (Lipinski definition) is 2. The van der Waals surface area contributed by atoms with E-state index in [0.29, 0.717) is 18.5 Å². The monoisotopic (exact) mass is 399 g/mol. The van der Waals surface area contributed by atoms with E-state index in [1.165, 1.54) is 0 Å². The molecule has 2 rings (SSSR count). The Hall–Kier alpha value is -1.15. The van der Waals surface area contributed by atoms with Crippen LogP contribution in [0.4, 0.5) is 0 Å². The quantitative estimate of drug-likeness (QED) is 0.744. The van der Waals surface area contributed by atoms with Gasteiger partial charge in [0, 0.05) is 24.8 Å². The van der Waals surface area contributed by atoms with Crippen molar-refractivity contribution in [1.29, 1.82) is 0 Å². The first-order valence-corrected chi connectivity index (χ1v) is 10.8. The second-order valence-electron chi connectivity index (χ2n) is 9.21. The van der Waals surface area contributed by atoms with Crippen LogP contribution in [0.3, 0.4) is 0 Å². The lowest BCUT2D eigenvalue weighted by Crippen LogP contribution is -2.29. The van der Waals surface area contributed by atoms with E-state index >= 15 is 0 Å². The van der Waals surface area contributed by atoms with Gasteiger partial charge in [0.15, 0.2) is 6.79 Å². The normalized spacial score (nSPS) is 21.3. The van der Waals surface area contributed by atoms with E-state index in [-0.39, 0.29) is 17.6 Å². The second kappa shape index (κ2) is 7.70. The average molecular weight is 400 g/mol. The van der Waals surface area contributed by atoms with Crippen LogP contribution in [-0.2, 0) is 25.6 Å². The highest BCUT2D eigenvalue weighted by atomic mass is 32.2. The smallest absolute Gasteiger partial charge is 0.217 e. The zero-order chi connectivity index (χ0) is 20.6. The Labute approximate surface area is 163 Å². The number of aliphatic hydroxyl groups is 1. The van der Waals surface area contributed by atoms with Gasteiger partial charge in [0.05, 0.1) is 6.10 Å². The largest absolute Gasteiger partial charge is 0.467 e. The average Bonchev–Trinajstić information content (AvgIpc) is 2.88. The van der Waals surface area contributed by atoms with Crippen LogP contribution in [0.1, 0.15) is 70.8 Å². The zero-order valence-electron chi connectivity index (χ0n) is 17.4. The number of benzene rings is 1. The summed E-state index contributed by atoms with van der Waals surface area (Å²) in [4.78, 5) is 0. The highest BCUT2D eigenvalue weighted by Crippen LogP contribution is 2.43. The van der Waals surface area contributed by atoms with Gasteiger partial charge in [-0.3, -0.25) is 0 Å². The Morgan fingerprint density at radius 2 is 1.67 bits per heavy atom. The standard InChI is InChI=1S/C20H33NO5S/c1-19(2,3)14-10-13(17(22)16-8-9-21-27(16,23)24)11-15(20(4,5)6)18(14)26-12-25-7/h10-11,16-17,21-22H,8-9,12H2,1-7H3. The molecule has 1 aliphatic heterocycles. The highest BCUT2D eigenvalue weighted by Gasteiger charge is 2.39. The van der Waals surface area contributed by atoms with Gasteiger partial charge in [-0.25, -0.2) is 13.1 Å². The Balaban J connectivity index is 2.66. The minimum Gasteiger partial charge on any atom is -0.467 e. The van der Waals surface area contributed by atoms with Crippen molar-refractivity contribution >= 4 is 10.0 Å². The Bertz CT molecular complexity index is 740. The molecule has 6 nitrogen and oxygen atoms in total. The molecule has 1 saturated heterocycles. The van der Waals surface area contributed by atoms with Crippen molar-refractivity contribution in [2.45, 2.75) is 70.1 Å². The molecule has 1 fully saturated rings. The SMILES string of the molecule is COCOc1c(C(C)(C)C)cc(C(O)C2CCNS2(=O)=O)cc1C(C)(C)C. The molecular weight excluding hydrogens is 366 g/mol. The van der Waals surface area contributed by atoms with E-state index in [4.69, 9.17) is 9.47 Å². The van der Waals surface area contributed by atoms with Gasteiger partial charge in [0.25, 0.3) is 0 Å². The molecule has 2 atom stereocenters. The van der Waals surface area contributed by atoms with E-state index in [9.17, 15) is 13.5 Å². The number of sulfonamides is 1. The summed E-state index contributed by atoms with van der Waals surface area (Å²) >= 11 is 0. The third-order valence-corrected chi connectivity index (χ3v) is 6.77. The molecule has 0 bridgehead atoms. The zero-order valence-corrected chi connectivity index (χ0v) is 18.2. The molecule has 1 aromatic rings. The number of ether oxygens (including phenoxy) is 2. The van der Waals surface area contributed by atoms with Crippen LogP contribution in [0.25, 0.3) is 0 Å². The molecular formula is C20H33NO5S. The maximum Gasteiger partial charge on any atom is 0.217 e. The first kappa shape index (κ1) is 22.1. The Morgan fingerprint density at radius 3 is 2.04 bits per heavy atom. The van der Waals surface area contributed by atoms with Crippen molar-refractivity contribution in [2.24, 2.45) is 0 Å². The molecule has 2 unspecified atom stereocenters. The van der Waals surface area contributed by atoms with Gasteiger partial charge in [-0.1, -0.05) is 41.5 Å². The van der Waals surface area contributed by atoms with E-state index in [2.05, 4.69) is 46.3 Å². The maximum atomic E-state index is 12.2. The lowest BCUT2D eigenvalue weighted by Gasteiger charge is -2.31. The molecule has 0 spiro atoms. The Morgan fingerprint density at radius 1 is 1.15 bits per heavy atom. The lowest BCUT2D eigenvalue weighted by atomic mass is 9.77. The van der Waals surface area contributed by atoms with E-state index < -0.39 is 21.4 Å². The van der Waals surface area contributed by atoms with E-state index in [0.717, 1.165) is 16.9 Å². The van der Waals surface area contributed by atoms with E-state index in [1.807, 2.05) is 12.1 Å². The molecule has 2 N–H and O–H groups in total. The molecule has 27 heavy (non-hydrogen) atoms. The second-order valence-corrected chi connectivity index (χ2v) is 11.2. The van der Waals surface area contributed by atoms with Gasteiger partial charge >= 0.3 is 0 Å². The number of aliphatic hydroxyl groups excluding tert-OH is 1. The van der Waals surface area contributed by atoms with Gasteiger partial charge in [-0.2, -0.15) is 0 Å². The first-order valence-electron chi connectivity index (χ1n) is 9.26. The van der Waals surface area contributed by atoms with Crippen LogP contribution in [0.15, 0.2) is 12.1 Å². The fourth-order valence-electron chi connectivity index (χ4n) is 3.36. The third-order valence-electron chi connectivity index (χ3n) is 4.87. The highest BCUT2D eigenvalue weighted by molar-refractivity contribution is 7.90. The molecule has 7 heteroatoms. The number of hydrogen-bond acceptors (Lipinski definition) is 5. The van der Waals surface area contributed by atoms with Gasteiger partial charge in [-0.15, -0.1) is 0 Å². The molecule has 0 aliphatic carbocycles. The number of methoxy groups -OCH3 is 1. The van der Waals surface area contributed by atoms with Crippen molar-refractivity contribution in [3.05, 3.63) is 28.8 Å². The van der Waals surface area contributed by atoms with Crippen LogP contribution in [0, 0.1) is 0 Å². The van der Waals surface area contributed by atoms with Crippen molar-refractivity contribution in [3.63, 3.8) is 0 Å². The van der Waals surface area contributed by atoms with Crippen LogP contribution in [-0.4, -0.2) is 39.2 Å². The number of rotatable bonds is 5. The van der Waals surface area contributed by atoms with E-state index in [1.54, 1.807) is 7.11 Å². The van der Waals surface area contributed by atoms with Crippen LogP contribution in [0.2, 0.25) is 0 Å². The fraction of sp³-hybridized carbons (Fsp3) is 0.700. The number of nitrogens with one attached hydrogen (secondary N) is 1. The topological polar surface area (TPSA) is 84.9 Å². The summed E-state index contributed by atoms with van der Waals surface area (Å²) < 4.78 is 38.0. The Kier molecular flexibility index (Phi) is 6.31. The predicted octanol–water partition coefficient (Wildman–Crippen LogP) is 2.99. The van der Waals surface area contributed by atoms with Crippen molar-refractivity contribution < 1.29 is 23.0 Å². The van der Waals surface area contributed by atoms with Crippen LogP contribution in [0.5, 0.6) is 5.75 Å². The third kappa shape index (κ3) is 4.83. The molecule has 154 valence electrons. The minimum absolute atomic E-state index is 0.120. The summed E-state index contributed by atoms with van der Waals surface area (Å²) in [7, 11) is -1.93. The molecule has 0 amide bonds.